The third kappa shape index (κ3) is 17.2. The van der Waals surface area contributed by atoms with Crippen LogP contribution in [0.5, 0.6) is 0 Å². The van der Waals surface area contributed by atoms with E-state index in [1.807, 2.05) is 0 Å². The lowest BCUT2D eigenvalue weighted by atomic mass is 10.1. The molecule has 44 heavy (non-hydrogen) atoms. The Morgan fingerprint density at radius 3 is 1.09 bits per heavy atom. The summed E-state index contributed by atoms with van der Waals surface area (Å²) in [4.78, 5) is 48.9. The number of benzene rings is 1. The van der Waals surface area contributed by atoms with Crippen molar-refractivity contribution in [3.05, 3.63) is 24.3 Å². The van der Waals surface area contributed by atoms with Crippen LogP contribution in [-0.4, -0.2) is 74.0 Å². The molecule has 4 amide bonds. The normalized spacial score (nSPS) is 13.8. The van der Waals surface area contributed by atoms with Crippen LogP contribution in [0, 0.1) is 0 Å². The van der Waals surface area contributed by atoms with E-state index >= 15 is 0 Å². The molecule has 4 atom stereocenters. The van der Waals surface area contributed by atoms with Gasteiger partial charge in [0.1, 0.15) is 0 Å². The fraction of sp³-hybridized carbons (Fsp3) is 0.667. The highest BCUT2D eigenvalue weighted by Crippen LogP contribution is 2.15. The van der Waals surface area contributed by atoms with E-state index in [2.05, 4.69) is 21.3 Å². The summed E-state index contributed by atoms with van der Waals surface area (Å²) < 4.78 is 0. The van der Waals surface area contributed by atoms with Gasteiger partial charge in [0.25, 0.3) is 0 Å². The Labute approximate surface area is 261 Å². The van der Waals surface area contributed by atoms with Crippen molar-refractivity contribution in [1.82, 2.24) is 10.6 Å². The summed E-state index contributed by atoms with van der Waals surface area (Å²) in [5.74, 6) is -1.00. The summed E-state index contributed by atoms with van der Waals surface area (Å²) in [5, 5.41) is 11.2. The maximum Gasteiger partial charge on any atom is 0.241 e. The number of amides is 4. The predicted molar refractivity (Wildman–Crippen MR) is 175 cm³/mol. The van der Waals surface area contributed by atoms with Crippen molar-refractivity contribution in [2.24, 2.45) is 34.4 Å². The van der Waals surface area contributed by atoms with Crippen LogP contribution in [0.4, 0.5) is 11.4 Å². The molecular formula is C30H56N10O4. The second-order valence-electron chi connectivity index (χ2n) is 11.1. The molecule has 0 aliphatic carbocycles. The van der Waals surface area contributed by atoms with Gasteiger partial charge in [0.15, 0.2) is 0 Å². The lowest BCUT2D eigenvalue weighted by molar-refractivity contribution is -0.123. The van der Waals surface area contributed by atoms with Gasteiger partial charge in [0.05, 0.1) is 24.2 Å². The van der Waals surface area contributed by atoms with Crippen molar-refractivity contribution in [3.63, 3.8) is 0 Å². The molecule has 0 fully saturated rings. The van der Waals surface area contributed by atoms with Gasteiger partial charge < -0.3 is 55.7 Å². The SMILES string of the molecule is NCCCCC(N)C(=O)NCCCCC(N)C(=O)Nc1ccc(NC(=O)C(N)CCCCNC(=O)C(N)CCCCN)cc1. The van der Waals surface area contributed by atoms with E-state index in [1.165, 1.54) is 0 Å². The second-order valence-corrected chi connectivity index (χ2v) is 11.1. The Bertz CT molecular complexity index is 902. The number of anilines is 2. The molecule has 0 bridgehead atoms. The van der Waals surface area contributed by atoms with Gasteiger partial charge >= 0.3 is 0 Å². The summed E-state index contributed by atoms with van der Waals surface area (Å²) in [6, 6.07) is 4.20. The van der Waals surface area contributed by atoms with E-state index in [-0.39, 0.29) is 23.6 Å². The molecule has 1 rings (SSSR count). The van der Waals surface area contributed by atoms with Crippen LogP contribution in [0.1, 0.15) is 77.0 Å². The molecule has 0 saturated carbocycles. The van der Waals surface area contributed by atoms with Crippen LogP contribution < -0.4 is 55.7 Å². The molecule has 0 aliphatic rings. The lowest BCUT2D eigenvalue weighted by Crippen LogP contribution is -2.41. The molecule has 0 radical (unpaired) electrons. The van der Waals surface area contributed by atoms with Crippen molar-refractivity contribution in [2.45, 2.75) is 101 Å². The summed E-state index contributed by atoms with van der Waals surface area (Å²) in [7, 11) is 0. The van der Waals surface area contributed by atoms with Crippen LogP contribution in [0.3, 0.4) is 0 Å². The smallest absolute Gasteiger partial charge is 0.241 e. The van der Waals surface area contributed by atoms with Crippen molar-refractivity contribution in [2.75, 3.05) is 36.8 Å². The van der Waals surface area contributed by atoms with E-state index < -0.39 is 24.2 Å². The fourth-order valence-corrected chi connectivity index (χ4v) is 4.31. The predicted octanol–water partition coefficient (Wildman–Crippen LogP) is -0.296. The maximum atomic E-state index is 12.5. The van der Waals surface area contributed by atoms with Gasteiger partial charge in [-0.2, -0.15) is 0 Å². The molecule has 16 N–H and O–H groups in total. The topological polar surface area (TPSA) is 273 Å². The van der Waals surface area contributed by atoms with Gasteiger partial charge in [0.2, 0.25) is 23.6 Å². The number of hydrogen-bond donors (Lipinski definition) is 10. The zero-order valence-corrected chi connectivity index (χ0v) is 26.0. The molecule has 14 heteroatoms. The molecule has 4 unspecified atom stereocenters. The monoisotopic (exact) mass is 620 g/mol. The average Bonchev–Trinajstić information content (AvgIpc) is 3.01. The highest BCUT2D eigenvalue weighted by atomic mass is 16.2. The molecule has 1 aromatic rings. The first-order chi connectivity index (χ1) is 21.1. The number of rotatable bonds is 24. The largest absolute Gasteiger partial charge is 0.355 e. The molecule has 14 nitrogen and oxygen atoms in total. The molecule has 0 spiro atoms. The zero-order chi connectivity index (χ0) is 32.7. The maximum absolute atomic E-state index is 12.5. The molecule has 0 heterocycles. The standard InChI is InChI=1S/C30H56N10O4/c31-17-5-1-9-23(33)27(41)37-19-7-3-11-25(35)29(43)39-21-13-15-22(16-14-21)40-30(44)26(36)12-4-8-20-38-28(42)24(34)10-2-6-18-32/h13-16,23-26H,1-12,17-20,31-36H2,(H,37,41)(H,38,42)(H,39,43)(H,40,44). The van der Waals surface area contributed by atoms with Gasteiger partial charge in [-0.25, -0.2) is 0 Å². The van der Waals surface area contributed by atoms with Gasteiger partial charge in [-0.1, -0.05) is 12.8 Å². The quantitative estimate of drug-likeness (QED) is 0.0674. The van der Waals surface area contributed by atoms with Crippen LogP contribution in [0.15, 0.2) is 24.3 Å². The minimum absolute atomic E-state index is 0.181. The highest BCUT2D eigenvalue weighted by Gasteiger charge is 2.17. The van der Waals surface area contributed by atoms with E-state index in [4.69, 9.17) is 34.4 Å². The Kier molecular flexibility index (Phi) is 20.6. The van der Waals surface area contributed by atoms with E-state index in [0.717, 1.165) is 25.7 Å². The van der Waals surface area contributed by atoms with Gasteiger partial charge in [-0.3, -0.25) is 19.2 Å². The molecule has 250 valence electrons. The Morgan fingerprint density at radius 1 is 0.477 bits per heavy atom. The van der Waals surface area contributed by atoms with Gasteiger partial charge in [0, 0.05) is 24.5 Å². The Balaban J connectivity index is 2.26. The van der Waals surface area contributed by atoms with Crippen molar-refractivity contribution >= 4 is 35.0 Å². The van der Waals surface area contributed by atoms with E-state index in [0.29, 0.717) is 88.9 Å². The number of nitrogens with two attached hydrogens (primary N) is 6. The molecule has 0 aromatic heterocycles. The number of hydrogen-bond acceptors (Lipinski definition) is 10. The Hall–Kier alpha value is -3.14. The van der Waals surface area contributed by atoms with E-state index in [1.54, 1.807) is 24.3 Å². The lowest BCUT2D eigenvalue weighted by Gasteiger charge is -2.15. The molecule has 1 aromatic carbocycles. The zero-order valence-electron chi connectivity index (χ0n) is 26.0. The summed E-state index contributed by atoms with van der Waals surface area (Å²) >= 11 is 0. The van der Waals surface area contributed by atoms with Crippen molar-refractivity contribution < 1.29 is 19.2 Å². The number of nitrogens with one attached hydrogen (secondary N) is 4. The summed E-state index contributed by atoms with van der Waals surface area (Å²) in [6.07, 6.45) is 8.15. The first-order valence-electron chi connectivity index (χ1n) is 15.8. The Morgan fingerprint density at radius 2 is 0.773 bits per heavy atom. The minimum Gasteiger partial charge on any atom is -0.355 e. The molecule has 0 saturated heterocycles. The number of carbonyl (C=O) groups is 4. The third-order valence-electron chi connectivity index (χ3n) is 7.19. The third-order valence-corrected chi connectivity index (χ3v) is 7.19. The van der Waals surface area contributed by atoms with E-state index in [9.17, 15) is 19.2 Å². The number of carbonyl (C=O) groups excluding carboxylic acids is 4. The van der Waals surface area contributed by atoms with Gasteiger partial charge in [-0.15, -0.1) is 0 Å². The second kappa shape index (κ2) is 23.3. The highest BCUT2D eigenvalue weighted by molar-refractivity contribution is 5.96. The van der Waals surface area contributed by atoms with Gasteiger partial charge in [-0.05, 0) is 102 Å². The summed E-state index contributed by atoms with van der Waals surface area (Å²) in [5.41, 5.74) is 35.8. The summed E-state index contributed by atoms with van der Waals surface area (Å²) in [6.45, 7) is 2.11. The fourth-order valence-electron chi connectivity index (χ4n) is 4.31. The number of unbranched alkanes of at least 4 members (excludes halogenated alkanes) is 4. The van der Waals surface area contributed by atoms with Crippen LogP contribution in [0.2, 0.25) is 0 Å². The molecule has 0 aliphatic heterocycles. The average molecular weight is 621 g/mol. The molecular weight excluding hydrogens is 564 g/mol. The van der Waals surface area contributed by atoms with Crippen molar-refractivity contribution in [3.8, 4) is 0 Å². The minimum atomic E-state index is -0.701. The van der Waals surface area contributed by atoms with Crippen LogP contribution in [0.25, 0.3) is 0 Å². The first kappa shape index (κ1) is 38.9. The van der Waals surface area contributed by atoms with Crippen molar-refractivity contribution in [1.29, 1.82) is 0 Å². The van der Waals surface area contributed by atoms with Crippen LogP contribution in [-0.2, 0) is 19.2 Å². The van der Waals surface area contributed by atoms with Crippen LogP contribution >= 0.6 is 0 Å². The first-order valence-corrected chi connectivity index (χ1v) is 15.8.